The van der Waals surface area contributed by atoms with Gasteiger partial charge in [0.1, 0.15) is 0 Å². The number of para-hydroxylation sites is 1. The Morgan fingerprint density at radius 3 is 2.67 bits per heavy atom. The zero-order chi connectivity index (χ0) is 14.7. The number of anilines is 1. The van der Waals surface area contributed by atoms with E-state index in [1.54, 1.807) is 0 Å². The molecule has 0 saturated heterocycles. The number of thiazole rings is 1. The number of fused-ring (bicyclic) bond motifs is 1. The van der Waals surface area contributed by atoms with Gasteiger partial charge in [-0.25, -0.2) is 4.98 Å². The number of carbonyl (C=O) groups is 1. The van der Waals surface area contributed by atoms with Gasteiger partial charge in [-0.05, 0) is 31.0 Å². The van der Waals surface area contributed by atoms with Crippen molar-refractivity contribution < 1.29 is 4.79 Å². The van der Waals surface area contributed by atoms with Gasteiger partial charge in [0, 0.05) is 6.42 Å². The van der Waals surface area contributed by atoms with Crippen LogP contribution >= 0.6 is 11.3 Å². The quantitative estimate of drug-likeness (QED) is 0.785. The molecule has 0 atom stereocenters. The first kappa shape index (κ1) is 13.8. The second kappa shape index (κ2) is 6.06. The molecule has 4 heteroatoms. The molecule has 3 aromatic rings. The van der Waals surface area contributed by atoms with Gasteiger partial charge in [-0.3, -0.25) is 4.79 Å². The Morgan fingerprint density at radius 1 is 1.14 bits per heavy atom. The van der Waals surface area contributed by atoms with E-state index in [1.807, 2.05) is 24.3 Å². The van der Waals surface area contributed by atoms with Crippen molar-refractivity contribution in [3.05, 3.63) is 59.7 Å². The molecule has 21 heavy (non-hydrogen) atoms. The van der Waals surface area contributed by atoms with Crippen LogP contribution in [-0.4, -0.2) is 10.9 Å². The zero-order valence-electron chi connectivity index (χ0n) is 11.8. The van der Waals surface area contributed by atoms with Crippen molar-refractivity contribution in [2.24, 2.45) is 0 Å². The highest BCUT2D eigenvalue weighted by atomic mass is 32.1. The van der Waals surface area contributed by atoms with Crippen molar-refractivity contribution in [1.82, 2.24) is 4.98 Å². The van der Waals surface area contributed by atoms with Crippen LogP contribution in [-0.2, 0) is 11.2 Å². The molecule has 1 N–H and O–H groups in total. The monoisotopic (exact) mass is 296 g/mol. The minimum Gasteiger partial charge on any atom is -0.302 e. The molecular formula is C17H16N2OS. The molecule has 3 rings (SSSR count). The summed E-state index contributed by atoms with van der Waals surface area (Å²) in [5, 5.41) is 3.55. The summed E-state index contributed by atoms with van der Waals surface area (Å²) < 4.78 is 1.09. The molecule has 1 heterocycles. The summed E-state index contributed by atoms with van der Waals surface area (Å²) in [7, 11) is 0. The van der Waals surface area contributed by atoms with Gasteiger partial charge >= 0.3 is 0 Å². The van der Waals surface area contributed by atoms with Crippen LogP contribution in [0.1, 0.15) is 17.5 Å². The second-order valence-corrected chi connectivity index (χ2v) is 6.05. The predicted molar refractivity (Wildman–Crippen MR) is 87.7 cm³/mol. The first-order valence-corrected chi connectivity index (χ1v) is 7.73. The van der Waals surface area contributed by atoms with Gasteiger partial charge in [-0.15, -0.1) is 0 Å². The maximum atomic E-state index is 12.0. The summed E-state index contributed by atoms with van der Waals surface area (Å²) in [6.07, 6.45) is 1.22. The van der Waals surface area contributed by atoms with E-state index in [9.17, 15) is 4.79 Å². The molecule has 0 fully saturated rings. The fraction of sp³-hybridized carbons (Fsp3) is 0.176. The topological polar surface area (TPSA) is 42.0 Å². The smallest absolute Gasteiger partial charge is 0.226 e. The van der Waals surface area contributed by atoms with E-state index in [0.717, 1.165) is 16.6 Å². The molecule has 3 nitrogen and oxygen atoms in total. The van der Waals surface area contributed by atoms with Gasteiger partial charge in [-0.2, -0.15) is 0 Å². The molecule has 2 aromatic carbocycles. The van der Waals surface area contributed by atoms with Crippen LogP contribution in [0.2, 0.25) is 0 Å². The van der Waals surface area contributed by atoms with Crippen molar-refractivity contribution in [1.29, 1.82) is 0 Å². The third-order valence-corrected chi connectivity index (χ3v) is 4.25. The lowest BCUT2D eigenvalue weighted by molar-refractivity contribution is -0.116. The second-order valence-electron chi connectivity index (χ2n) is 5.02. The molecule has 0 saturated carbocycles. The first-order chi connectivity index (χ1) is 10.2. The number of rotatable bonds is 4. The standard InChI is InChI=1S/C17H16N2OS/c1-12-6-8-13(9-7-12)10-11-16(20)19-17-18-14-4-2-3-5-15(14)21-17/h2-9H,10-11H2,1H3,(H,18,19,20). The van der Waals surface area contributed by atoms with E-state index in [2.05, 4.69) is 41.5 Å². The number of carbonyl (C=O) groups excluding carboxylic acids is 1. The normalized spacial score (nSPS) is 10.7. The number of hydrogen-bond acceptors (Lipinski definition) is 3. The molecule has 0 bridgehead atoms. The van der Waals surface area contributed by atoms with Gasteiger partial charge < -0.3 is 5.32 Å². The number of amides is 1. The van der Waals surface area contributed by atoms with Crippen LogP contribution in [0, 0.1) is 6.92 Å². The maximum Gasteiger partial charge on any atom is 0.226 e. The molecule has 0 unspecified atom stereocenters. The van der Waals surface area contributed by atoms with Crippen LogP contribution in [0.4, 0.5) is 5.13 Å². The summed E-state index contributed by atoms with van der Waals surface area (Å²) >= 11 is 1.51. The number of benzene rings is 2. The van der Waals surface area contributed by atoms with E-state index in [4.69, 9.17) is 0 Å². The van der Waals surface area contributed by atoms with Gasteiger partial charge in [0.25, 0.3) is 0 Å². The van der Waals surface area contributed by atoms with Crippen molar-refractivity contribution in [3.8, 4) is 0 Å². The number of aryl methyl sites for hydroxylation is 2. The number of aromatic nitrogens is 1. The van der Waals surface area contributed by atoms with Crippen molar-refractivity contribution >= 4 is 32.6 Å². The van der Waals surface area contributed by atoms with Gasteiger partial charge in [-0.1, -0.05) is 53.3 Å². The van der Waals surface area contributed by atoms with Crippen LogP contribution in [0.15, 0.2) is 48.5 Å². The third-order valence-electron chi connectivity index (χ3n) is 3.30. The molecule has 0 aliphatic rings. The van der Waals surface area contributed by atoms with Gasteiger partial charge in [0.15, 0.2) is 5.13 Å². The maximum absolute atomic E-state index is 12.0. The fourth-order valence-electron chi connectivity index (χ4n) is 2.12. The van der Waals surface area contributed by atoms with E-state index in [1.165, 1.54) is 22.5 Å². The fourth-order valence-corrected chi connectivity index (χ4v) is 3.00. The van der Waals surface area contributed by atoms with E-state index in [0.29, 0.717) is 11.6 Å². The van der Waals surface area contributed by atoms with Crippen LogP contribution in [0.3, 0.4) is 0 Å². The lowest BCUT2D eigenvalue weighted by Crippen LogP contribution is -2.12. The summed E-state index contributed by atoms with van der Waals surface area (Å²) in [6.45, 7) is 2.06. The van der Waals surface area contributed by atoms with Gasteiger partial charge in [0.2, 0.25) is 5.91 Å². The molecule has 0 spiro atoms. The highest BCUT2D eigenvalue weighted by molar-refractivity contribution is 7.22. The Balaban J connectivity index is 1.59. The average Bonchev–Trinajstić information content (AvgIpc) is 2.88. The molecule has 1 aromatic heterocycles. The molecule has 0 aliphatic heterocycles. The molecule has 0 radical (unpaired) electrons. The lowest BCUT2D eigenvalue weighted by Gasteiger charge is -2.02. The first-order valence-electron chi connectivity index (χ1n) is 6.92. The van der Waals surface area contributed by atoms with Crippen molar-refractivity contribution in [2.45, 2.75) is 19.8 Å². The van der Waals surface area contributed by atoms with Crippen molar-refractivity contribution in [3.63, 3.8) is 0 Å². The zero-order valence-corrected chi connectivity index (χ0v) is 12.6. The number of hydrogen-bond donors (Lipinski definition) is 1. The van der Waals surface area contributed by atoms with E-state index in [-0.39, 0.29) is 5.91 Å². The van der Waals surface area contributed by atoms with Crippen LogP contribution in [0.25, 0.3) is 10.2 Å². The highest BCUT2D eigenvalue weighted by Gasteiger charge is 2.07. The average molecular weight is 296 g/mol. The Labute approximate surface area is 127 Å². The summed E-state index contributed by atoms with van der Waals surface area (Å²) in [5.41, 5.74) is 3.34. The highest BCUT2D eigenvalue weighted by Crippen LogP contribution is 2.25. The summed E-state index contributed by atoms with van der Waals surface area (Å²) in [5.74, 6) is 0.00892. The Kier molecular flexibility index (Phi) is 3.97. The van der Waals surface area contributed by atoms with Crippen LogP contribution < -0.4 is 5.32 Å². The SMILES string of the molecule is Cc1ccc(CCC(=O)Nc2nc3ccccc3s2)cc1. The van der Waals surface area contributed by atoms with E-state index < -0.39 is 0 Å². The molecule has 0 aliphatic carbocycles. The number of nitrogens with zero attached hydrogens (tertiary/aromatic N) is 1. The lowest BCUT2D eigenvalue weighted by atomic mass is 10.1. The molecular weight excluding hydrogens is 280 g/mol. The van der Waals surface area contributed by atoms with Crippen molar-refractivity contribution in [2.75, 3.05) is 5.32 Å². The Hall–Kier alpha value is -2.20. The summed E-state index contributed by atoms with van der Waals surface area (Å²) in [4.78, 5) is 16.4. The predicted octanol–water partition coefficient (Wildman–Crippen LogP) is 4.18. The van der Waals surface area contributed by atoms with Gasteiger partial charge in [0.05, 0.1) is 10.2 Å². The third kappa shape index (κ3) is 3.47. The largest absolute Gasteiger partial charge is 0.302 e. The molecule has 1 amide bonds. The summed E-state index contributed by atoms with van der Waals surface area (Å²) in [6, 6.07) is 16.2. The van der Waals surface area contributed by atoms with E-state index >= 15 is 0 Å². The Morgan fingerprint density at radius 2 is 1.90 bits per heavy atom. The molecule has 106 valence electrons. The number of nitrogens with one attached hydrogen (secondary N) is 1. The Bertz CT molecular complexity index is 729. The van der Waals surface area contributed by atoms with Crippen LogP contribution in [0.5, 0.6) is 0 Å². The minimum absolute atomic E-state index is 0.00892. The minimum atomic E-state index is 0.00892.